The van der Waals surface area contributed by atoms with Crippen molar-refractivity contribution in [1.82, 2.24) is 4.98 Å². The van der Waals surface area contributed by atoms with Crippen molar-refractivity contribution >= 4 is 0 Å². The fourth-order valence-corrected chi connectivity index (χ4v) is 1.78. The van der Waals surface area contributed by atoms with Crippen molar-refractivity contribution in [1.29, 1.82) is 0 Å². The molecule has 3 heteroatoms. The Morgan fingerprint density at radius 1 is 1.25 bits per heavy atom. The van der Waals surface area contributed by atoms with Crippen LogP contribution in [0.5, 0.6) is 0 Å². The lowest BCUT2D eigenvalue weighted by Gasteiger charge is -2.15. The molecule has 2 rings (SSSR count). The van der Waals surface area contributed by atoms with E-state index in [-0.39, 0.29) is 0 Å². The van der Waals surface area contributed by atoms with E-state index in [9.17, 15) is 0 Å². The minimum atomic E-state index is 0.536. The number of nitrogens with zero attached hydrogens (tertiary/aromatic N) is 1. The molecule has 1 aliphatic rings. The number of hydrogen-bond acceptors (Lipinski definition) is 3. The molecule has 0 radical (unpaired) electrons. The van der Waals surface area contributed by atoms with Crippen LogP contribution in [-0.2, 0) is 11.3 Å². The average molecular weight is 222 g/mol. The smallest absolute Gasteiger partial charge is 0.0714 e. The Morgan fingerprint density at radius 3 is 2.31 bits per heavy atom. The second-order valence-corrected chi connectivity index (χ2v) is 4.19. The van der Waals surface area contributed by atoms with Gasteiger partial charge in [0, 0.05) is 25.5 Å². The van der Waals surface area contributed by atoms with Gasteiger partial charge in [0.1, 0.15) is 0 Å². The first kappa shape index (κ1) is 13.1. The van der Waals surface area contributed by atoms with Gasteiger partial charge in [-0.3, -0.25) is 4.98 Å². The SMILES string of the molecule is COCc1ccncc1.NC1CCCCC1. The summed E-state index contributed by atoms with van der Waals surface area (Å²) < 4.78 is 4.90. The second kappa shape index (κ2) is 8.25. The Labute approximate surface area is 98.0 Å². The number of rotatable bonds is 2. The van der Waals surface area contributed by atoms with Crippen LogP contribution in [-0.4, -0.2) is 18.1 Å². The fourth-order valence-electron chi connectivity index (χ4n) is 1.78. The molecule has 0 amide bonds. The monoisotopic (exact) mass is 222 g/mol. The van der Waals surface area contributed by atoms with Gasteiger partial charge >= 0.3 is 0 Å². The summed E-state index contributed by atoms with van der Waals surface area (Å²) in [5.74, 6) is 0. The van der Waals surface area contributed by atoms with Crippen LogP contribution in [0.25, 0.3) is 0 Å². The third-order valence-corrected chi connectivity index (χ3v) is 2.71. The normalized spacial score (nSPS) is 16.4. The van der Waals surface area contributed by atoms with Crippen LogP contribution in [0.4, 0.5) is 0 Å². The summed E-state index contributed by atoms with van der Waals surface area (Å²) in [6, 6.07) is 4.40. The molecule has 0 unspecified atom stereocenters. The van der Waals surface area contributed by atoms with E-state index in [0.717, 1.165) is 5.56 Å². The van der Waals surface area contributed by atoms with E-state index in [1.165, 1.54) is 32.1 Å². The van der Waals surface area contributed by atoms with Crippen LogP contribution in [0, 0.1) is 0 Å². The van der Waals surface area contributed by atoms with Gasteiger partial charge in [0.2, 0.25) is 0 Å². The van der Waals surface area contributed by atoms with Gasteiger partial charge in [0.15, 0.2) is 0 Å². The number of pyridine rings is 1. The van der Waals surface area contributed by atoms with Crippen LogP contribution in [0.1, 0.15) is 37.7 Å². The van der Waals surface area contributed by atoms with Crippen molar-refractivity contribution in [2.24, 2.45) is 5.73 Å². The van der Waals surface area contributed by atoms with Crippen molar-refractivity contribution < 1.29 is 4.74 Å². The summed E-state index contributed by atoms with van der Waals surface area (Å²) in [6.45, 7) is 0.669. The standard InChI is InChI=1S/C7H9NO.C6H13N/c1-9-6-7-2-4-8-5-3-7;7-6-4-2-1-3-5-6/h2-5H,6H2,1H3;6H,1-5,7H2. The molecule has 1 aliphatic carbocycles. The van der Waals surface area contributed by atoms with Crippen LogP contribution in [0.3, 0.4) is 0 Å². The van der Waals surface area contributed by atoms with Crippen LogP contribution in [0.15, 0.2) is 24.5 Å². The zero-order valence-electron chi connectivity index (χ0n) is 10.1. The van der Waals surface area contributed by atoms with Crippen molar-refractivity contribution in [3.63, 3.8) is 0 Å². The maximum Gasteiger partial charge on any atom is 0.0714 e. The van der Waals surface area contributed by atoms with Gasteiger partial charge in [0.05, 0.1) is 6.61 Å². The molecule has 2 N–H and O–H groups in total. The molecular formula is C13H22N2O. The number of hydrogen-bond donors (Lipinski definition) is 1. The molecule has 0 spiro atoms. The molecule has 0 aromatic carbocycles. The van der Waals surface area contributed by atoms with Gasteiger partial charge in [-0.1, -0.05) is 19.3 Å². The Morgan fingerprint density at radius 2 is 1.88 bits per heavy atom. The second-order valence-electron chi connectivity index (χ2n) is 4.19. The van der Waals surface area contributed by atoms with E-state index in [2.05, 4.69) is 4.98 Å². The van der Waals surface area contributed by atoms with E-state index in [1.54, 1.807) is 19.5 Å². The van der Waals surface area contributed by atoms with Gasteiger partial charge in [-0.15, -0.1) is 0 Å². The molecule has 0 bridgehead atoms. The molecule has 1 heterocycles. The Hall–Kier alpha value is -0.930. The highest BCUT2D eigenvalue weighted by molar-refractivity contribution is 5.07. The molecule has 1 saturated carbocycles. The largest absolute Gasteiger partial charge is 0.380 e. The van der Waals surface area contributed by atoms with E-state index < -0.39 is 0 Å². The highest BCUT2D eigenvalue weighted by Crippen LogP contribution is 2.14. The lowest BCUT2D eigenvalue weighted by Crippen LogP contribution is -2.22. The van der Waals surface area contributed by atoms with Crippen molar-refractivity contribution in [2.75, 3.05) is 7.11 Å². The van der Waals surface area contributed by atoms with Gasteiger partial charge in [-0.2, -0.15) is 0 Å². The third kappa shape index (κ3) is 5.83. The lowest BCUT2D eigenvalue weighted by molar-refractivity contribution is 0.185. The van der Waals surface area contributed by atoms with E-state index in [1.807, 2.05) is 12.1 Å². The van der Waals surface area contributed by atoms with Gasteiger partial charge in [0.25, 0.3) is 0 Å². The molecule has 16 heavy (non-hydrogen) atoms. The molecule has 0 aliphatic heterocycles. The Bertz CT molecular complexity index is 258. The molecule has 1 fully saturated rings. The Kier molecular flexibility index (Phi) is 6.77. The zero-order valence-corrected chi connectivity index (χ0v) is 10.1. The maximum absolute atomic E-state index is 5.63. The van der Waals surface area contributed by atoms with Crippen LogP contribution >= 0.6 is 0 Å². The molecule has 1 aromatic heterocycles. The molecule has 0 saturated heterocycles. The van der Waals surface area contributed by atoms with Crippen LogP contribution in [0.2, 0.25) is 0 Å². The third-order valence-electron chi connectivity index (χ3n) is 2.71. The number of aromatic nitrogens is 1. The minimum absolute atomic E-state index is 0.536. The Balaban J connectivity index is 0.000000165. The predicted octanol–water partition coefficient (Wildman–Crippen LogP) is 2.51. The highest BCUT2D eigenvalue weighted by Gasteiger charge is 2.06. The minimum Gasteiger partial charge on any atom is -0.380 e. The summed E-state index contributed by atoms with van der Waals surface area (Å²) in [6.07, 6.45) is 10.2. The van der Waals surface area contributed by atoms with Crippen LogP contribution < -0.4 is 5.73 Å². The van der Waals surface area contributed by atoms with E-state index in [4.69, 9.17) is 10.5 Å². The quantitative estimate of drug-likeness (QED) is 0.836. The molecule has 1 aromatic rings. The molecular weight excluding hydrogens is 200 g/mol. The summed E-state index contributed by atoms with van der Waals surface area (Å²) in [5.41, 5.74) is 6.79. The molecule has 3 nitrogen and oxygen atoms in total. The maximum atomic E-state index is 5.63. The summed E-state index contributed by atoms with van der Waals surface area (Å²) >= 11 is 0. The van der Waals surface area contributed by atoms with E-state index >= 15 is 0 Å². The molecule has 0 atom stereocenters. The first-order valence-electron chi connectivity index (χ1n) is 5.96. The van der Waals surface area contributed by atoms with Gasteiger partial charge < -0.3 is 10.5 Å². The first-order valence-corrected chi connectivity index (χ1v) is 5.96. The number of ether oxygens (including phenoxy) is 1. The summed E-state index contributed by atoms with van der Waals surface area (Å²) in [7, 11) is 1.68. The predicted molar refractivity (Wildman–Crippen MR) is 66.0 cm³/mol. The summed E-state index contributed by atoms with van der Waals surface area (Å²) in [4.78, 5) is 3.87. The van der Waals surface area contributed by atoms with E-state index in [0.29, 0.717) is 12.6 Å². The van der Waals surface area contributed by atoms with Gasteiger partial charge in [-0.05, 0) is 30.5 Å². The highest BCUT2D eigenvalue weighted by atomic mass is 16.5. The van der Waals surface area contributed by atoms with Gasteiger partial charge in [-0.25, -0.2) is 0 Å². The fraction of sp³-hybridized carbons (Fsp3) is 0.615. The summed E-state index contributed by atoms with van der Waals surface area (Å²) in [5, 5.41) is 0. The number of nitrogens with two attached hydrogens (primary N) is 1. The lowest BCUT2D eigenvalue weighted by atomic mass is 9.97. The zero-order chi connectivity index (χ0) is 11.6. The first-order chi connectivity index (χ1) is 7.83. The van der Waals surface area contributed by atoms with Crippen molar-refractivity contribution in [3.8, 4) is 0 Å². The average Bonchev–Trinajstić information content (AvgIpc) is 2.33. The molecule has 90 valence electrons. The number of methoxy groups -OCH3 is 1. The topological polar surface area (TPSA) is 48.1 Å². The van der Waals surface area contributed by atoms with Crippen molar-refractivity contribution in [3.05, 3.63) is 30.1 Å². The van der Waals surface area contributed by atoms with Crippen molar-refractivity contribution in [2.45, 2.75) is 44.8 Å².